The van der Waals surface area contributed by atoms with Crippen LogP contribution in [0.25, 0.3) is 16.5 Å². The smallest absolute Gasteiger partial charge is 0.252 e. The van der Waals surface area contributed by atoms with Crippen LogP contribution < -0.4 is 26.0 Å². The fourth-order valence-electron chi connectivity index (χ4n) is 9.24. The summed E-state index contributed by atoms with van der Waals surface area (Å²) in [4.78, 5) is 45.4. The zero-order valence-electron chi connectivity index (χ0n) is 30.6. The molecule has 1 aliphatic carbocycles. The lowest BCUT2D eigenvalue weighted by molar-refractivity contribution is -0.134. The molecule has 1 aromatic carbocycles. The van der Waals surface area contributed by atoms with Gasteiger partial charge in [-0.1, -0.05) is 6.08 Å². The molecule has 3 amide bonds. The summed E-state index contributed by atoms with van der Waals surface area (Å²) in [5.74, 6) is -0.682. The van der Waals surface area contributed by atoms with E-state index in [0.717, 1.165) is 93.4 Å². The molecule has 2 aromatic heterocycles. The highest BCUT2D eigenvalue weighted by molar-refractivity contribution is 6.03. The third-order valence-corrected chi connectivity index (χ3v) is 11.9. The molecule has 3 aromatic rings. The van der Waals surface area contributed by atoms with Crippen molar-refractivity contribution < 1.29 is 23.5 Å². The first-order valence-electron chi connectivity index (χ1n) is 19.1. The maximum Gasteiger partial charge on any atom is 0.252 e. The van der Waals surface area contributed by atoms with Crippen molar-refractivity contribution in [2.24, 2.45) is 17.1 Å². The number of allylic oxidation sites excluding steroid dienone is 2. The number of hydrogen-bond acceptors (Lipinski definition) is 9. The zero-order chi connectivity index (χ0) is 36.9. The molecule has 6 heterocycles. The summed E-state index contributed by atoms with van der Waals surface area (Å²) in [5, 5.41) is 11.7. The summed E-state index contributed by atoms with van der Waals surface area (Å²) in [5.41, 5.74) is 9.96. The minimum atomic E-state index is -0.543. The van der Waals surface area contributed by atoms with E-state index in [4.69, 9.17) is 15.6 Å². The van der Waals surface area contributed by atoms with Crippen molar-refractivity contribution in [1.29, 1.82) is 0 Å². The van der Waals surface area contributed by atoms with Crippen LogP contribution in [0.15, 0.2) is 42.7 Å². The van der Waals surface area contributed by atoms with Gasteiger partial charge in [0.2, 0.25) is 11.8 Å². The van der Waals surface area contributed by atoms with E-state index in [0.29, 0.717) is 41.6 Å². The number of imide groups is 1. The van der Waals surface area contributed by atoms with Gasteiger partial charge in [-0.25, -0.2) is 9.37 Å². The number of nitrogens with one attached hydrogen (secondary N) is 2. The molecular weight excluding hydrogens is 675 g/mol. The molecule has 1 unspecified atom stereocenters. The Hall–Kier alpha value is -4.78. The fourth-order valence-corrected chi connectivity index (χ4v) is 9.24. The topological polar surface area (TPSA) is 148 Å². The van der Waals surface area contributed by atoms with Crippen molar-refractivity contribution in [3.05, 3.63) is 65.4 Å². The molecule has 1 atom stereocenters. The standard InChI is InChI=1S/C40H49FN8O4/c1-24(2)53-34-18-33-30(17-31(34)37(42)51)36(26-4-3-13-43-19-26)49(46-33)28-7-5-25(6-8-28)21-47-22-40(23-47)11-14-48(15-12-40)38-32(41)16-27(20-44-38)29-9-10-35(50)45-39(29)52/h3-4,13,16-18,20,24-25,28-29,43H,5-12,14-15,19,21-23H2,1-2H3,(H2,42,51)(H,45,50,52). The lowest BCUT2D eigenvalue weighted by Crippen LogP contribution is -2.61. The Kier molecular flexibility index (Phi) is 9.46. The van der Waals surface area contributed by atoms with Gasteiger partial charge in [0.05, 0.1) is 34.8 Å². The molecule has 1 saturated carbocycles. The fraction of sp³-hybridized carbons (Fsp3) is 0.525. The molecule has 8 rings (SSSR count). The largest absolute Gasteiger partial charge is 0.490 e. The number of hydrogen-bond donors (Lipinski definition) is 3. The molecular formula is C40H49FN8O4. The molecule has 12 nitrogen and oxygen atoms in total. The molecule has 0 bridgehead atoms. The summed E-state index contributed by atoms with van der Waals surface area (Å²) >= 11 is 0. The minimum Gasteiger partial charge on any atom is -0.490 e. The first-order valence-corrected chi connectivity index (χ1v) is 19.1. The van der Waals surface area contributed by atoms with E-state index in [9.17, 15) is 14.4 Å². The van der Waals surface area contributed by atoms with E-state index in [-0.39, 0.29) is 35.8 Å². The van der Waals surface area contributed by atoms with Crippen molar-refractivity contribution in [2.75, 3.05) is 44.2 Å². The van der Waals surface area contributed by atoms with Crippen molar-refractivity contribution in [1.82, 2.24) is 30.3 Å². The average molecular weight is 725 g/mol. The Labute approximate surface area is 309 Å². The lowest BCUT2D eigenvalue weighted by Gasteiger charge is -2.55. The molecule has 3 saturated heterocycles. The van der Waals surface area contributed by atoms with Gasteiger partial charge < -0.3 is 25.6 Å². The van der Waals surface area contributed by atoms with Gasteiger partial charge in [-0.05, 0) is 106 Å². The number of nitrogens with two attached hydrogens (primary N) is 1. The highest BCUT2D eigenvalue weighted by atomic mass is 19.1. The Balaban J connectivity index is 0.874. The number of dihydropyridines is 1. The van der Waals surface area contributed by atoms with Gasteiger partial charge in [0.15, 0.2) is 11.6 Å². The summed E-state index contributed by atoms with van der Waals surface area (Å²) < 4.78 is 23.5. The van der Waals surface area contributed by atoms with Crippen LogP contribution in [0.4, 0.5) is 10.2 Å². The highest BCUT2D eigenvalue weighted by Gasteiger charge is 2.46. The molecule has 53 heavy (non-hydrogen) atoms. The Morgan fingerprint density at radius 1 is 1.09 bits per heavy atom. The Morgan fingerprint density at radius 3 is 2.53 bits per heavy atom. The normalized spacial score (nSPS) is 24.6. The molecule has 4 N–H and O–H groups in total. The van der Waals surface area contributed by atoms with Crippen molar-refractivity contribution in [3.8, 4) is 5.75 Å². The third kappa shape index (κ3) is 7.03. The summed E-state index contributed by atoms with van der Waals surface area (Å²) in [6, 6.07) is 5.40. The number of nitrogens with zero attached hydrogens (tertiary/aromatic N) is 5. The van der Waals surface area contributed by atoms with Crippen molar-refractivity contribution >= 4 is 40.0 Å². The molecule has 4 aliphatic heterocycles. The number of primary amides is 1. The van der Waals surface area contributed by atoms with Crippen LogP contribution in [0.2, 0.25) is 0 Å². The quantitative estimate of drug-likeness (QED) is 0.265. The third-order valence-electron chi connectivity index (χ3n) is 11.9. The number of pyridine rings is 1. The number of carbonyl (C=O) groups excluding carboxylic acids is 3. The van der Waals surface area contributed by atoms with Gasteiger partial charge in [0, 0.05) is 63.3 Å². The summed E-state index contributed by atoms with van der Waals surface area (Å²) in [7, 11) is 0. The number of anilines is 1. The monoisotopic (exact) mass is 724 g/mol. The second-order valence-corrected chi connectivity index (χ2v) is 16.0. The highest BCUT2D eigenvalue weighted by Crippen LogP contribution is 2.44. The molecule has 1 spiro atoms. The first-order chi connectivity index (χ1) is 25.6. The number of aromatic nitrogens is 3. The maximum absolute atomic E-state index is 15.3. The van der Waals surface area contributed by atoms with E-state index in [1.54, 1.807) is 6.20 Å². The van der Waals surface area contributed by atoms with Crippen LogP contribution in [0.3, 0.4) is 0 Å². The molecule has 0 radical (unpaired) electrons. The van der Waals surface area contributed by atoms with Crippen LogP contribution in [0.5, 0.6) is 5.75 Å². The maximum atomic E-state index is 15.3. The summed E-state index contributed by atoms with van der Waals surface area (Å²) in [6.07, 6.45) is 14.5. The zero-order valence-corrected chi connectivity index (χ0v) is 30.6. The molecule has 13 heteroatoms. The van der Waals surface area contributed by atoms with E-state index in [2.05, 4.69) is 31.3 Å². The van der Waals surface area contributed by atoms with Crippen LogP contribution in [0.1, 0.15) is 98.8 Å². The number of rotatable bonds is 9. The first kappa shape index (κ1) is 35.3. The van der Waals surface area contributed by atoms with Gasteiger partial charge in [-0.3, -0.25) is 24.4 Å². The number of amides is 3. The van der Waals surface area contributed by atoms with Crippen LogP contribution in [-0.4, -0.2) is 82.8 Å². The predicted octanol–water partition coefficient (Wildman–Crippen LogP) is 4.81. The molecule has 4 fully saturated rings. The second kappa shape index (κ2) is 14.2. The Bertz CT molecular complexity index is 1980. The van der Waals surface area contributed by atoms with Crippen molar-refractivity contribution in [2.45, 2.75) is 83.3 Å². The SMILES string of the molecule is CC(C)Oc1cc2nn(C3CCC(CN4CC5(CCN(c6ncc(C7CCC(=O)NC7=O)cc6F)CC5)C4)CC3)c(C3=CC=CNC3)c2cc1C(N)=O. The number of piperidine rings is 2. The van der Waals surface area contributed by atoms with Gasteiger partial charge in [-0.2, -0.15) is 5.10 Å². The van der Waals surface area contributed by atoms with E-state index in [1.807, 2.05) is 43.2 Å². The number of halogens is 1. The van der Waals surface area contributed by atoms with Gasteiger partial charge in [0.1, 0.15) is 5.75 Å². The number of fused-ring (bicyclic) bond motifs is 1. The lowest BCUT2D eigenvalue weighted by atomic mass is 9.71. The van der Waals surface area contributed by atoms with E-state index >= 15 is 4.39 Å². The van der Waals surface area contributed by atoms with Gasteiger partial charge in [-0.15, -0.1) is 0 Å². The Morgan fingerprint density at radius 2 is 1.87 bits per heavy atom. The average Bonchev–Trinajstić information content (AvgIpc) is 3.50. The van der Waals surface area contributed by atoms with Crippen LogP contribution in [0, 0.1) is 17.2 Å². The predicted molar refractivity (Wildman–Crippen MR) is 200 cm³/mol. The van der Waals surface area contributed by atoms with Crippen molar-refractivity contribution in [3.63, 3.8) is 0 Å². The number of carbonyl (C=O) groups is 3. The molecule has 280 valence electrons. The molecule has 5 aliphatic rings. The van der Waals surface area contributed by atoms with E-state index < -0.39 is 17.6 Å². The second-order valence-electron chi connectivity index (χ2n) is 16.0. The number of likely N-dealkylation sites (tertiary alicyclic amines) is 1. The van der Waals surface area contributed by atoms with E-state index in [1.165, 1.54) is 6.07 Å². The van der Waals surface area contributed by atoms with Crippen LogP contribution >= 0.6 is 0 Å². The van der Waals surface area contributed by atoms with Gasteiger partial charge >= 0.3 is 0 Å². The summed E-state index contributed by atoms with van der Waals surface area (Å²) in [6.45, 7) is 9.32. The number of ether oxygens (including phenoxy) is 1. The number of benzene rings is 1. The van der Waals surface area contributed by atoms with Gasteiger partial charge in [0.25, 0.3) is 5.91 Å². The minimum absolute atomic E-state index is 0.105. The van der Waals surface area contributed by atoms with Crippen LogP contribution in [-0.2, 0) is 9.59 Å².